The zero-order chi connectivity index (χ0) is 13.5. The summed E-state index contributed by atoms with van der Waals surface area (Å²) in [4.78, 5) is 2.54. The molecule has 1 saturated heterocycles. The van der Waals surface area contributed by atoms with Crippen LogP contribution in [-0.4, -0.2) is 45.8 Å². The summed E-state index contributed by atoms with van der Waals surface area (Å²) in [6, 6.07) is 0. The van der Waals surface area contributed by atoms with Crippen molar-refractivity contribution in [2.45, 2.75) is 46.2 Å². The number of rotatable bonds is 3. The van der Waals surface area contributed by atoms with Crippen molar-refractivity contribution in [2.75, 3.05) is 26.2 Å². The van der Waals surface area contributed by atoms with E-state index in [9.17, 15) is 0 Å². The van der Waals surface area contributed by atoms with Gasteiger partial charge in [0.2, 0.25) is 0 Å². The van der Waals surface area contributed by atoms with Crippen LogP contribution in [0.1, 0.15) is 44.8 Å². The highest BCUT2D eigenvalue weighted by atomic mass is 35.5. The van der Waals surface area contributed by atoms with E-state index in [4.69, 9.17) is 0 Å². The summed E-state index contributed by atoms with van der Waals surface area (Å²) >= 11 is 0. The Hall–Kier alpha value is -0.650. The summed E-state index contributed by atoms with van der Waals surface area (Å²) in [6.07, 6.45) is 1.29. The van der Waals surface area contributed by atoms with E-state index in [0.29, 0.717) is 11.3 Å². The van der Waals surface area contributed by atoms with Crippen LogP contribution in [0.2, 0.25) is 0 Å². The maximum absolute atomic E-state index is 4.38. The van der Waals surface area contributed by atoms with Gasteiger partial charge in [0, 0.05) is 32.1 Å². The molecule has 5 nitrogen and oxygen atoms in total. The molecule has 0 spiro atoms. The van der Waals surface area contributed by atoms with E-state index >= 15 is 0 Å². The Labute approximate surface area is 127 Å². The molecule has 3 rings (SSSR count). The fourth-order valence-electron chi connectivity index (χ4n) is 3.34. The van der Waals surface area contributed by atoms with Gasteiger partial charge in [-0.2, -0.15) is 0 Å². The summed E-state index contributed by atoms with van der Waals surface area (Å²) in [5.74, 6) is 2.75. The molecule has 20 heavy (non-hydrogen) atoms. The van der Waals surface area contributed by atoms with Crippen molar-refractivity contribution in [2.24, 2.45) is 5.41 Å². The third-order valence-corrected chi connectivity index (χ3v) is 4.44. The molecule has 1 aromatic rings. The van der Waals surface area contributed by atoms with Crippen LogP contribution >= 0.6 is 12.4 Å². The number of nitrogens with zero attached hydrogens (tertiary/aromatic N) is 4. The number of hydrogen-bond donors (Lipinski definition) is 1. The standard InChI is InChI=1S/C14H25N5.ClH/c1-11(2)13-17-16-12-8-18(6-7-19(12)13)10-14(3)4-5-15-9-14;/h11,15H,4-10H2,1-3H3;1H. The Morgan fingerprint density at radius 2 is 2.10 bits per heavy atom. The Kier molecular flexibility index (Phi) is 4.72. The van der Waals surface area contributed by atoms with Crippen molar-refractivity contribution >= 4 is 12.4 Å². The minimum atomic E-state index is 0. The van der Waals surface area contributed by atoms with E-state index in [1.807, 2.05) is 0 Å². The summed E-state index contributed by atoms with van der Waals surface area (Å²) < 4.78 is 2.32. The monoisotopic (exact) mass is 299 g/mol. The smallest absolute Gasteiger partial charge is 0.147 e. The summed E-state index contributed by atoms with van der Waals surface area (Å²) in [6.45, 7) is 13.4. The molecule has 1 fully saturated rings. The second-order valence-corrected chi connectivity index (χ2v) is 6.73. The van der Waals surface area contributed by atoms with Gasteiger partial charge in [-0.1, -0.05) is 20.8 Å². The van der Waals surface area contributed by atoms with Gasteiger partial charge >= 0.3 is 0 Å². The predicted octanol–water partition coefficient (Wildman–Crippen LogP) is 1.64. The number of aromatic nitrogens is 3. The molecule has 0 radical (unpaired) electrons. The Bertz CT molecular complexity index is 450. The zero-order valence-electron chi connectivity index (χ0n) is 12.7. The molecule has 0 saturated carbocycles. The molecule has 0 amide bonds. The zero-order valence-corrected chi connectivity index (χ0v) is 13.5. The van der Waals surface area contributed by atoms with Gasteiger partial charge in [-0.25, -0.2) is 0 Å². The van der Waals surface area contributed by atoms with E-state index in [-0.39, 0.29) is 12.4 Å². The molecule has 0 aliphatic carbocycles. The Morgan fingerprint density at radius 1 is 1.30 bits per heavy atom. The SMILES string of the molecule is CC(C)c1nnc2n1CCN(CC1(C)CCNC1)C2.Cl. The van der Waals surface area contributed by atoms with Crippen LogP contribution in [0.3, 0.4) is 0 Å². The highest BCUT2D eigenvalue weighted by Gasteiger charge is 2.32. The molecule has 2 aliphatic rings. The summed E-state index contributed by atoms with van der Waals surface area (Å²) in [7, 11) is 0. The van der Waals surface area contributed by atoms with Gasteiger partial charge in [-0.3, -0.25) is 4.90 Å². The van der Waals surface area contributed by atoms with Crippen LogP contribution in [0, 0.1) is 5.41 Å². The Balaban J connectivity index is 0.00000147. The summed E-state index contributed by atoms with van der Waals surface area (Å²) in [5.41, 5.74) is 0.434. The van der Waals surface area contributed by atoms with Crippen molar-refractivity contribution < 1.29 is 0 Å². The molecule has 0 bridgehead atoms. The maximum atomic E-state index is 4.38. The molecule has 114 valence electrons. The topological polar surface area (TPSA) is 46.0 Å². The lowest BCUT2D eigenvalue weighted by molar-refractivity contribution is 0.143. The third-order valence-electron chi connectivity index (χ3n) is 4.44. The number of fused-ring (bicyclic) bond motifs is 1. The fraction of sp³-hybridized carbons (Fsp3) is 0.857. The highest BCUT2D eigenvalue weighted by Crippen LogP contribution is 2.27. The minimum absolute atomic E-state index is 0. The van der Waals surface area contributed by atoms with Gasteiger partial charge in [0.15, 0.2) is 0 Å². The largest absolute Gasteiger partial charge is 0.316 e. The highest BCUT2D eigenvalue weighted by molar-refractivity contribution is 5.85. The predicted molar refractivity (Wildman–Crippen MR) is 82.2 cm³/mol. The number of hydrogen-bond acceptors (Lipinski definition) is 4. The fourth-order valence-corrected chi connectivity index (χ4v) is 3.34. The Morgan fingerprint density at radius 3 is 2.75 bits per heavy atom. The van der Waals surface area contributed by atoms with E-state index in [1.54, 1.807) is 0 Å². The number of nitrogens with one attached hydrogen (secondary N) is 1. The quantitative estimate of drug-likeness (QED) is 0.922. The van der Waals surface area contributed by atoms with Crippen LogP contribution in [0.5, 0.6) is 0 Å². The summed E-state index contributed by atoms with van der Waals surface area (Å²) in [5, 5.41) is 12.2. The van der Waals surface area contributed by atoms with E-state index in [0.717, 1.165) is 44.4 Å². The average Bonchev–Trinajstić information content (AvgIpc) is 2.95. The first-order valence-corrected chi connectivity index (χ1v) is 7.42. The average molecular weight is 300 g/mol. The lowest BCUT2D eigenvalue weighted by Gasteiger charge is -2.34. The van der Waals surface area contributed by atoms with Crippen molar-refractivity contribution in [1.29, 1.82) is 0 Å². The molecule has 1 N–H and O–H groups in total. The van der Waals surface area contributed by atoms with Gasteiger partial charge < -0.3 is 9.88 Å². The first-order chi connectivity index (χ1) is 9.07. The molecule has 6 heteroatoms. The molecule has 1 unspecified atom stereocenters. The van der Waals surface area contributed by atoms with Crippen molar-refractivity contribution in [3.63, 3.8) is 0 Å². The molecule has 1 aromatic heterocycles. The lowest BCUT2D eigenvalue weighted by atomic mass is 9.89. The third kappa shape index (κ3) is 3.00. The molecule has 1 atom stereocenters. The van der Waals surface area contributed by atoms with Crippen LogP contribution < -0.4 is 5.32 Å². The second kappa shape index (κ2) is 6.00. The lowest BCUT2D eigenvalue weighted by Crippen LogP contribution is -2.42. The first kappa shape index (κ1) is 15.7. The van der Waals surface area contributed by atoms with Gasteiger partial charge in [0.25, 0.3) is 0 Å². The van der Waals surface area contributed by atoms with Crippen LogP contribution in [-0.2, 0) is 13.1 Å². The minimum Gasteiger partial charge on any atom is -0.316 e. The first-order valence-electron chi connectivity index (χ1n) is 7.42. The van der Waals surface area contributed by atoms with E-state index in [1.165, 1.54) is 13.0 Å². The van der Waals surface area contributed by atoms with Gasteiger partial charge in [0.05, 0.1) is 6.54 Å². The molecular formula is C14H26ClN5. The van der Waals surface area contributed by atoms with Crippen molar-refractivity contribution in [3.8, 4) is 0 Å². The normalized spacial score (nSPS) is 26.6. The molecule has 2 aliphatic heterocycles. The second-order valence-electron chi connectivity index (χ2n) is 6.73. The van der Waals surface area contributed by atoms with Crippen LogP contribution in [0.15, 0.2) is 0 Å². The van der Waals surface area contributed by atoms with Crippen LogP contribution in [0.25, 0.3) is 0 Å². The van der Waals surface area contributed by atoms with E-state index < -0.39 is 0 Å². The van der Waals surface area contributed by atoms with Gasteiger partial charge in [0.1, 0.15) is 11.6 Å². The van der Waals surface area contributed by atoms with Crippen molar-refractivity contribution in [3.05, 3.63) is 11.6 Å². The van der Waals surface area contributed by atoms with E-state index in [2.05, 4.69) is 45.8 Å². The number of halogens is 1. The van der Waals surface area contributed by atoms with Gasteiger partial charge in [-0.15, -0.1) is 22.6 Å². The molecule has 3 heterocycles. The maximum Gasteiger partial charge on any atom is 0.147 e. The molecular weight excluding hydrogens is 274 g/mol. The molecule has 0 aromatic carbocycles. The van der Waals surface area contributed by atoms with Crippen molar-refractivity contribution in [1.82, 2.24) is 25.0 Å². The van der Waals surface area contributed by atoms with Crippen LogP contribution in [0.4, 0.5) is 0 Å². The van der Waals surface area contributed by atoms with Gasteiger partial charge in [-0.05, 0) is 18.4 Å².